The Morgan fingerprint density at radius 2 is 1.86 bits per heavy atom. The van der Waals surface area contributed by atoms with E-state index < -0.39 is 55.8 Å². The minimum absolute atomic E-state index is 0.0510. The van der Waals surface area contributed by atoms with Gasteiger partial charge in [0.25, 0.3) is 0 Å². The third-order valence-corrected chi connectivity index (χ3v) is 7.21. The summed E-state index contributed by atoms with van der Waals surface area (Å²) in [6, 6.07) is 0.623. The Balaban J connectivity index is 1.90. The van der Waals surface area contributed by atoms with E-state index in [1.54, 1.807) is 0 Å². The van der Waals surface area contributed by atoms with Gasteiger partial charge in [-0.15, -0.1) is 0 Å². The van der Waals surface area contributed by atoms with Crippen LogP contribution in [0.5, 0.6) is 0 Å². The standard InChI is InChI=1S/C15H15F6N3O4S/c1-2-7-3-9(14(16,17)18)22-4-8(7)29(26,27)11-13(6-24-11)5-23-10(13)28-12(25)15(19,20)21/h3-4,10-11,23-24H,2,5-6H2,1H3. The molecule has 2 saturated heterocycles. The molecule has 2 aliphatic heterocycles. The van der Waals surface area contributed by atoms with Crippen molar-refractivity contribution < 1.29 is 44.3 Å². The molecule has 14 heteroatoms. The number of sulfone groups is 1. The van der Waals surface area contributed by atoms with Crippen LogP contribution in [0.15, 0.2) is 17.2 Å². The van der Waals surface area contributed by atoms with Crippen LogP contribution in [0.1, 0.15) is 18.2 Å². The Bertz CT molecular complexity index is 929. The van der Waals surface area contributed by atoms with Crippen molar-refractivity contribution in [1.29, 1.82) is 0 Å². The number of pyridine rings is 1. The van der Waals surface area contributed by atoms with Crippen LogP contribution in [0.3, 0.4) is 0 Å². The van der Waals surface area contributed by atoms with Crippen LogP contribution in [0, 0.1) is 5.41 Å². The van der Waals surface area contributed by atoms with Crippen molar-refractivity contribution in [3.8, 4) is 0 Å². The number of aromatic nitrogens is 1. The van der Waals surface area contributed by atoms with E-state index in [-0.39, 0.29) is 25.1 Å². The lowest BCUT2D eigenvalue weighted by molar-refractivity contribution is -0.227. The highest BCUT2D eigenvalue weighted by atomic mass is 32.2. The van der Waals surface area contributed by atoms with Crippen molar-refractivity contribution in [1.82, 2.24) is 15.6 Å². The Morgan fingerprint density at radius 3 is 2.28 bits per heavy atom. The first-order valence-electron chi connectivity index (χ1n) is 8.28. The van der Waals surface area contributed by atoms with E-state index in [1.165, 1.54) is 6.92 Å². The molecule has 3 atom stereocenters. The number of carbonyl (C=O) groups excluding carboxylic acids is 1. The molecule has 2 fully saturated rings. The lowest BCUT2D eigenvalue weighted by Gasteiger charge is -2.59. The van der Waals surface area contributed by atoms with E-state index >= 15 is 0 Å². The number of rotatable bonds is 4. The van der Waals surface area contributed by atoms with Crippen LogP contribution in [0.4, 0.5) is 26.3 Å². The molecule has 0 radical (unpaired) electrons. The highest BCUT2D eigenvalue weighted by Crippen LogP contribution is 2.45. The predicted molar refractivity (Wildman–Crippen MR) is 84.0 cm³/mol. The third-order valence-electron chi connectivity index (χ3n) is 4.97. The van der Waals surface area contributed by atoms with Crippen LogP contribution < -0.4 is 10.6 Å². The normalized spacial score (nSPS) is 27.3. The molecule has 1 aromatic rings. The second kappa shape index (κ2) is 6.80. The van der Waals surface area contributed by atoms with Crippen molar-refractivity contribution in [2.24, 2.45) is 5.41 Å². The van der Waals surface area contributed by atoms with Crippen LogP contribution >= 0.6 is 0 Å². The number of aryl methyl sites for hydroxylation is 1. The molecule has 3 rings (SSSR count). The highest BCUT2D eigenvalue weighted by Gasteiger charge is 2.65. The van der Waals surface area contributed by atoms with Crippen LogP contribution in [0.25, 0.3) is 0 Å². The fraction of sp³-hybridized carbons (Fsp3) is 0.600. The molecule has 0 bridgehead atoms. The van der Waals surface area contributed by atoms with Crippen molar-refractivity contribution >= 4 is 15.8 Å². The monoisotopic (exact) mass is 447 g/mol. The molecule has 1 aromatic heterocycles. The average molecular weight is 447 g/mol. The van der Waals surface area contributed by atoms with Crippen molar-refractivity contribution in [3.05, 3.63) is 23.5 Å². The SMILES string of the molecule is CCc1cc(C(F)(F)F)ncc1S(=O)(=O)C1NCC12CNC2OC(=O)C(F)(F)F. The second-order valence-corrected chi connectivity index (χ2v) is 8.73. The second-order valence-electron chi connectivity index (χ2n) is 6.73. The fourth-order valence-electron chi connectivity index (χ4n) is 3.33. The van der Waals surface area contributed by atoms with Gasteiger partial charge < -0.3 is 4.74 Å². The van der Waals surface area contributed by atoms with Gasteiger partial charge in [0.2, 0.25) is 0 Å². The van der Waals surface area contributed by atoms with E-state index in [9.17, 15) is 39.6 Å². The van der Waals surface area contributed by atoms with E-state index in [0.717, 1.165) is 0 Å². The first kappa shape index (κ1) is 21.8. The van der Waals surface area contributed by atoms with Gasteiger partial charge >= 0.3 is 18.3 Å². The Hall–Kier alpha value is -1.93. The molecule has 1 spiro atoms. The van der Waals surface area contributed by atoms with E-state index in [1.807, 2.05) is 0 Å². The zero-order chi connectivity index (χ0) is 21.8. The summed E-state index contributed by atoms with van der Waals surface area (Å²) in [5.74, 6) is -2.47. The molecule has 29 heavy (non-hydrogen) atoms. The summed E-state index contributed by atoms with van der Waals surface area (Å²) in [6.07, 6.45) is -11.0. The number of hydrogen-bond donors (Lipinski definition) is 2. The van der Waals surface area contributed by atoms with Crippen LogP contribution in [-0.4, -0.2) is 50.2 Å². The first-order valence-corrected chi connectivity index (χ1v) is 9.82. The van der Waals surface area contributed by atoms with Crippen molar-refractivity contribution in [2.75, 3.05) is 13.1 Å². The maximum Gasteiger partial charge on any atom is 0.490 e. The van der Waals surface area contributed by atoms with Gasteiger partial charge in [0, 0.05) is 19.3 Å². The molecule has 0 aliphatic carbocycles. The molecular weight excluding hydrogens is 432 g/mol. The van der Waals surface area contributed by atoms with Crippen LogP contribution in [0.2, 0.25) is 0 Å². The van der Waals surface area contributed by atoms with Gasteiger partial charge in [-0.05, 0) is 18.1 Å². The van der Waals surface area contributed by atoms with E-state index in [0.29, 0.717) is 12.3 Å². The molecule has 3 heterocycles. The molecule has 0 saturated carbocycles. The summed E-state index contributed by atoms with van der Waals surface area (Å²) in [6.45, 7) is 1.34. The topological polar surface area (TPSA) is 97.4 Å². The summed E-state index contributed by atoms with van der Waals surface area (Å²) in [5, 5.41) is 3.55. The highest BCUT2D eigenvalue weighted by molar-refractivity contribution is 7.92. The fourth-order valence-corrected chi connectivity index (χ4v) is 5.56. The van der Waals surface area contributed by atoms with Crippen LogP contribution in [-0.2, 0) is 32.0 Å². The Labute approximate surface area is 160 Å². The number of alkyl halides is 6. The van der Waals surface area contributed by atoms with Gasteiger partial charge in [-0.2, -0.15) is 26.3 Å². The minimum Gasteiger partial charge on any atom is -0.439 e. The number of esters is 1. The summed E-state index contributed by atoms with van der Waals surface area (Å²) in [5.41, 5.74) is -2.76. The zero-order valence-corrected chi connectivity index (χ0v) is 15.5. The first-order chi connectivity index (χ1) is 13.2. The number of nitrogens with one attached hydrogen (secondary N) is 2. The minimum atomic E-state index is -5.25. The number of hydrogen-bond acceptors (Lipinski definition) is 7. The summed E-state index contributed by atoms with van der Waals surface area (Å²) < 4.78 is 106. The number of carbonyl (C=O) groups is 1. The molecule has 162 valence electrons. The number of halogens is 6. The van der Waals surface area contributed by atoms with Gasteiger partial charge in [-0.25, -0.2) is 13.2 Å². The number of ether oxygens (including phenoxy) is 1. The Morgan fingerprint density at radius 1 is 1.24 bits per heavy atom. The Kier molecular flexibility index (Phi) is 5.11. The quantitative estimate of drug-likeness (QED) is 0.532. The molecule has 7 nitrogen and oxygen atoms in total. The van der Waals surface area contributed by atoms with Gasteiger partial charge in [-0.1, -0.05) is 6.92 Å². The van der Waals surface area contributed by atoms with Gasteiger partial charge in [-0.3, -0.25) is 15.6 Å². The maximum atomic E-state index is 13.0. The van der Waals surface area contributed by atoms with Gasteiger partial charge in [0.15, 0.2) is 16.1 Å². The predicted octanol–water partition coefficient (Wildman–Crippen LogP) is 1.39. The van der Waals surface area contributed by atoms with Gasteiger partial charge in [0.1, 0.15) is 11.1 Å². The molecule has 2 N–H and O–H groups in total. The lowest BCUT2D eigenvalue weighted by Crippen LogP contribution is -2.82. The molecule has 0 aromatic carbocycles. The smallest absolute Gasteiger partial charge is 0.439 e. The summed E-state index contributed by atoms with van der Waals surface area (Å²) >= 11 is 0. The maximum absolute atomic E-state index is 13.0. The molecule has 0 amide bonds. The molecule has 3 unspecified atom stereocenters. The molecular formula is C15H15F6N3O4S. The van der Waals surface area contributed by atoms with Crippen molar-refractivity contribution in [2.45, 2.75) is 42.2 Å². The average Bonchev–Trinajstić information content (AvgIpc) is 2.54. The summed E-state index contributed by atoms with van der Waals surface area (Å²) in [4.78, 5) is 13.8. The summed E-state index contributed by atoms with van der Waals surface area (Å²) in [7, 11) is -4.33. The van der Waals surface area contributed by atoms with Gasteiger partial charge in [0.05, 0.1) is 10.3 Å². The number of nitrogens with zero attached hydrogens (tertiary/aromatic N) is 1. The van der Waals surface area contributed by atoms with Crippen molar-refractivity contribution in [3.63, 3.8) is 0 Å². The van der Waals surface area contributed by atoms with E-state index in [4.69, 9.17) is 0 Å². The zero-order valence-electron chi connectivity index (χ0n) is 14.7. The lowest BCUT2D eigenvalue weighted by atomic mass is 9.73. The van der Waals surface area contributed by atoms with E-state index in [2.05, 4.69) is 20.4 Å². The third kappa shape index (κ3) is 3.57. The molecule has 2 aliphatic rings. The largest absolute Gasteiger partial charge is 0.490 e.